The van der Waals surface area contributed by atoms with Crippen molar-refractivity contribution in [3.05, 3.63) is 197 Å². The molecule has 1 unspecified atom stereocenters. The number of anilines is 2. The van der Waals surface area contributed by atoms with E-state index in [1.807, 2.05) is 6.21 Å². The van der Waals surface area contributed by atoms with Crippen LogP contribution in [-0.2, 0) is 5.41 Å². The molecule has 0 saturated carbocycles. The Labute approximate surface area is 290 Å². The molecule has 0 heterocycles. The van der Waals surface area contributed by atoms with Crippen molar-refractivity contribution in [2.45, 2.75) is 38.1 Å². The Morgan fingerprint density at radius 2 is 1.27 bits per heavy atom. The van der Waals surface area contributed by atoms with E-state index in [1.54, 1.807) is 0 Å². The first-order chi connectivity index (χ1) is 24.1. The summed E-state index contributed by atoms with van der Waals surface area (Å²) in [6.07, 6.45) is 11.1. The van der Waals surface area contributed by atoms with E-state index in [4.69, 9.17) is 4.99 Å². The highest BCUT2D eigenvalue weighted by atomic mass is 14.9. The van der Waals surface area contributed by atoms with Crippen LogP contribution in [0.2, 0.25) is 0 Å². The van der Waals surface area contributed by atoms with Crippen molar-refractivity contribution in [1.82, 2.24) is 0 Å². The summed E-state index contributed by atoms with van der Waals surface area (Å²) in [6, 6.07) is 51.9. The zero-order valence-electron chi connectivity index (χ0n) is 28.1. The highest BCUT2D eigenvalue weighted by Gasteiger charge is 2.38. The Morgan fingerprint density at radius 3 is 2.00 bits per heavy atom. The molecular weight excluding hydrogens is 593 g/mol. The lowest BCUT2D eigenvalue weighted by molar-refractivity contribution is 0.662. The Hall–Kier alpha value is -5.73. The normalized spacial score (nSPS) is 15.0. The number of rotatable bonds is 8. The fourth-order valence-electron chi connectivity index (χ4n) is 7.50. The van der Waals surface area contributed by atoms with Crippen molar-refractivity contribution in [1.29, 1.82) is 0 Å². The van der Waals surface area contributed by atoms with E-state index in [-0.39, 0.29) is 11.5 Å². The fourth-order valence-corrected chi connectivity index (χ4v) is 7.50. The predicted molar refractivity (Wildman–Crippen MR) is 208 cm³/mol. The lowest BCUT2D eigenvalue weighted by Crippen LogP contribution is -2.17. The zero-order valence-corrected chi connectivity index (χ0v) is 28.1. The molecule has 238 valence electrons. The van der Waals surface area contributed by atoms with Gasteiger partial charge in [0.25, 0.3) is 0 Å². The van der Waals surface area contributed by atoms with Gasteiger partial charge in [-0.15, -0.1) is 0 Å². The molecule has 0 radical (unpaired) electrons. The largest absolute Gasteiger partial charge is 0.355 e. The number of nitrogens with one attached hydrogen (secondary N) is 1. The number of aliphatic imine (C=N–C) groups is 1. The van der Waals surface area contributed by atoms with Crippen LogP contribution in [0.1, 0.15) is 66.1 Å². The van der Waals surface area contributed by atoms with Crippen LogP contribution in [0.5, 0.6) is 0 Å². The summed E-state index contributed by atoms with van der Waals surface area (Å²) in [5.74, 6) is 0. The molecule has 0 aliphatic heterocycles. The maximum Gasteiger partial charge on any atom is 0.0999 e. The fraction of sp³-hybridized carbons (Fsp3) is 0.128. The van der Waals surface area contributed by atoms with Crippen molar-refractivity contribution in [3.63, 3.8) is 0 Å². The van der Waals surface area contributed by atoms with Crippen LogP contribution in [0.4, 0.5) is 11.4 Å². The number of nitrogens with zero attached hydrogens (tertiary/aromatic N) is 1. The second-order valence-corrected chi connectivity index (χ2v) is 13.5. The predicted octanol–water partition coefficient (Wildman–Crippen LogP) is 12.3. The quantitative estimate of drug-likeness (QED) is 0.166. The average Bonchev–Trinajstić information content (AvgIpc) is 3.40. The minimum absolute atomic E-state index is 0.0982. The molecule has 2 nitrogen and oxygen atoms in total. The monoisotopic (exact) mass is 632 g/mol. The molecule has 0 aromatic heterocycles. The van der Waals surface area contributed by atoms with E-state index in [2.05, 4.69) is 183 Å². The molecule has 49 heavy (non-hydrogen) atoms. The molecule has 8 rings (SSSR count). The minimum Gasteiger partial charge on any atom is -0.355 e. The Kier molecular flexibility index (Phi) is 8.15. The number of hydrogen-bond acceptors (Lipinski definition) is 2. The molecule has 1 N–H and O–H groups in total. The lowest BCUT2D eigenvalue weighted by Gasteiger charge is -2.27. The average molecular weight is 633 g/mol. The van der Waals surface area contributed by atoms with Gasteiger partial charge in [-0.2, -0.15) is 0 Å². The first-order valence-electron chi connectivity index (χ1n) is 17.3. The van der Waals surface area contributed by atoms with E-state index in [9.17, 15) is 0 Å². The van der Waals surface area contributed by atoms with Crippen molar-refractivity contribution >= 4 is 23.2 Å². The molecule has 6 aromatic rings. The second-order valence-electron chi connectivity index (χ2n) is 13.5. The lowest BCUT2D eigenvalue weighted by atomic mass is 9.80. The molecule has 2 aliphatic carbocycles. The molecular formula is C47H40N2. The van der Waals surface area contributed by atoms with Crippen LogP contribution in [0.3, 0.4) is 0 Å². The van der Waals surface area contributed by atoms with Gasteiger partial charge in [0.1, 0.15) is 0 Å². The van der Waals surface area contributed by atoms with Crippen LogP contribution >= 0.6 is 0 Å². The summed E-state index contributed by atoms with van der Waals surface area (Å²) >= 11 is 0. The van der Waals surface area contributed by atoms with E-state index in [1.165, 1.54) is 61.3 Å². The van der Waals surface area contributed by atoms with Crippen molar-refractivity contribution in [2.24, 2.45) is 4.99 Å². The van der Waals surface area contributed by atoms with Crippen molar-refractivity contribution in [3.8, 4) is 22.3 Å². The standard InChI is InChI=1S/C47H40N2/c1-47(2)43-21-13-12-20-41(43)42-31-30-40(36-16-8-4-9-17-36)46(44(42)47)49-39-28-22-33(23-29-39)32-48-45(37-18-10-5-11-19-37)38-26-24-35(25-27-38)34-14-6-3-7-15-34/h3,5-8,10-32,45,49H,4,9H2,1-2H3/b48-32+. The number of fused-ring (bicyclic) bond motifs is 3. The highest BCUT2D eigenvalue weighted by Crippen LogP contribution is 2.53. The SMILES string of the molecule is CC1(C)c2ccccc2-c2ccc(C3=CCCC=C3)c(Nc3ccc(/C=N/C(c4ccccc4)c4ccc(-c5ccccc5)cc4)cc3)c21. The third-order valence-corrected chi connectivity index (χ3v) is 10.0. The van der Waals surface area contributed by atoms with Gasteiger partial charge in [0.05, 0.1) is 11.7 Å². The molecule has 0 bridgehead atoms. The molecule has 6 aromatic carbocycles. The summed E-state index contributed by atoms with van der Waals surface area (Å²) in [7, 11) is 0. The van der Waals surface area contributed by atoms with Gasteiger partial charge in [0.2, 0.25) is 0 Å². The van der Waals surface area contributed by atoms with Crippen LogP contribution in [0.15, 0.2) is 169 Å². The molecule has 1 atom stereocenters. The van der Waals surface area contributed by atoms with Crippen LogP contribution in [-0.4, -0.2) is 6.21 Å². The van der Waals surface area contributed by atoms with Gasteiger partial charge in [0, 0.05) is 22.9 Å². The second kappa shape index (κ2) is 13.1. The third-order valence-electron chi connectivity index (χ3n) is 10.0. The third kappa shape index (κ3) is 5.96. The first kappa shape index (κ1) is 30.6. The Morgan fingerprint density at radius 1 is 0.612 bits per heavy atom. The summed E-state index contributed by atoms with van der Waals surface area (Å²) < 4.78 is 0. The molecule has 2 aliphatic rings. The van der Waals surface area contributed by atoms with Gasteiger partial charge >= 0.3 is 0 Å². The maximum absolute atomic E-state index is 5.15. The highest BCUT2D eigenvalue weighted by molar-refractivity contribution is 5.94. The summed E-state index contributed by atoms with van der Waals surface area (Å²) in [4.78, 5) is 5.15. The summed E-state index contributed by atoms with van der Waals surface area (Å²) in [6.45, 7) is 4.71. The van der Waals surface area contributed by atoms with Crippen molar-refractivity contribution < 1.29 is 0 Å². The molecule has 0 amide bonds. The molecule has 0 spiro atoms. The number of benzene rings is 6. The smallest absolute Gasteiger partial charge is 0.0999 e. The van der Waals surface area contributed by atoms with Gasteiger partial charge in [-0.05, 0) is 80.6 Å². The van der Waals surface area contributed by atoms with Gasteiger partial charge in [-0.25, -0.2) is 0 Å². The van der Waals surface area contributed by atoms with Gasteiger partial charge in [0.15, 0.2) is 0 Å². The topological polar surface area (TPSA) is 24.4 Å². The van der Waals surface area contributed by atoms with Crippen LogP contribution in [0, 0.1) is 0 Å². The van der Waals surface area contributed by atoms with E-state index in [0.717, 1.165) is 24.1 Å². The zero-order chi connectivity index (χ0) is 33.2. The van der Waals surface area contributed by atoms with Crippen molar-refractivity contribution in [2.75, 3.05) is 5.32 Å². The van der Waals surface area contributed by atoms with E-state index in [0.29, 0.717) is 0 Å². The van der Waals surface area contributed by atoms with Crippen LogP contribution in [0.25, 0.3) is 27.8 Å². The van der Waals surface area contributed by atoms with E-state index < -0.39 is 0 Å². The molecule has 0 fully saturated rings. The summed E-state index contributed by atoms with van der Waals surface area (Å²) in [5.41, 5.74) is 15.9. The molecule has 0 saturated heterocycles. The Bertz CT molecular complexity index is 2190. The minimum atomic E-state index is -0.123. The number of allylic oxidation sites excluding steroid dienone is 4. The summed E-state index contributed by atoms with van der Waals surface area (Å²) in [5, 5.41) is 3.90. The van der Waals surface area contributed by atoms with Gasteiger partial charge in [-0.1, -0.05) is 166 Å². The Balaban J connectivity index is 1.10. The van der Waals surface area contributed by atoms with Crippen LogP contribution < -0.4 is 5.32 Å². The van der Waals surface area contributed by atoms with Gasteiger partial charge < -0.3 is 5.32 Å². The molecule has 2 heteroatoms. The van der Waals surface area contributed by atoms with E-state index >= 15 is 0 Å². The van der Waals surface area contributed by atoms with Gasteiger partial charge in [-0.3, -0.25) is 4.99 Å². The maximum atomic E-state index is 5.15. The first-order valence-corrected chi connectivity index (χ1v) is 17.3. The number of hydrogen-bond donors (Lipinski definition) is 1.